The van der Waals surface area contributed by atoms with Crippen LogP contribution in [-0.2, 0) is 6.54 Å². The lowest BCUT2D eigenvalue weighted by atomic mass is 10.1. The number of hydrogen-bond acceptors (Lipinski definition) is 3. The summed E-state index contributed by atoms with van der Waals surface area (Å²) in [5.41, 5.74) is 11.0. The first-order chi connectivity index (χ1) is 10.8. The molecule has 0 bridgehead atoms. The second-order valence-corrected chi connectivity index (χ2v) is 5.17. The molecule has 4 heteroatoms. The summed E-state index contributed by atoms with van der Waals surface area (Å²) in [6.07, 6.45) is 6.94. The molecular weight excluding hydrogens is 272 g/mol. The Bertz CT molecular complexity index is 829. The van der Waals surface area contributed by atoms with E-state index in [9.17, 15) is 0 Å². The van der Waals surface area contributed by atoms with E-state index in [2.05, 4.69) is 40.1 Å². The van der Waals surface area contributed by atoms with Gasteiger partial charge in [-0.25, -0.2) is 0 Å². The number of rotatable bonds is 4. The van der Waals surface area contributed by atoms with Gasteiger partial charge in [0, 0.05) is 47.0 Å². The third kappa shape index (κ3) is 2.91. The zero-order valence-electron chi connectivity index (χ0n) is 12.5. The van der Waals surface area contributed by atoms with E-state index in [4.69, 9.17) is 5.73 Å². The average molecular weight is 290 g/mol. The number of aryl methyl sites for hydroxylation is 1. The molecule has 0 unspecified atom stereocenters. The summed E-state index contributed by atoms with van der Waals surface area (Å²) in [5.74, 6) is 0. The van der Waals surface area contributed by atoms with E-state index < -0.39 is 0 Å². The maximum atomic E-state index is 5.76. The molecule has 0 aliphatic heterocycles. The van der Waals surface area contributed by atoms with Gasteiger partial charge in [-0.2, -0.15) is 0 Å². The predicted molar refractivity (Wildman–Crippen MR) is 91.6 cm³/mol. The number of benzene rings is 1. The number of aromatic nitrogens is 2. The molecule has 0 amide bonds. The molecule has 0 radical (unpaired) electrons. The van der Waals surface area contributed by atoms with Crippen molar-refractivity contribution in [1.82, 2.24) is 9.97 Å². The van der Waals surface area contributed by atoms with Crippen LogP contribution in [0, 0.1) is 6.92 Å². The van der Waals surface area contributed by atoms with Gasteiger partial charge < -0.3 is 10.7 Å². The first-order valence-corrected chi connectivity index (χ1v) is 7.17. The number of nitrogens with one attached hydrogen (secondary N) is 1. The molecule has 4 nitrogen and oxygen atoms in total. The van der Waals surface area contributed by atoms with Gasteiger partial charge in [0.05, 0.1) is 6.54 Å². The fourth-order valence-corrected chi connectivity index (χ4v) is 2.41. The van der Waals surface area contributed by atoms with Crippen molar-refractivity contribution in [3.8, 4) is 0 Å². The van der Waals surface area contributed by atoms with E-state index in [0.29, 0.717) is 6.54 Å². The van der Waals surface area contributed by atoms with Gasteiger partial charge in [0.2, 0.25) is 0 Å². The van der Waals surface area contributed by atoms with Crippen LogP contribution in [0.25, 0.3) is 16.5 Å². The Morgan fingerprint density at radius 2 is 2.23 bits per heavy atom. The molecule has 1 aromatic carbocycles. The van der Waals surface area contributed by atoms with E-state index in [0.717, 1.165) is 22.3 Å². The summed E-state index contributed by atoms with van der Waals surface area (Å²) in [5, 5.41) is 1.21. The highest BCUT2D eigenvalue weighted by Crippen LogP contribution is 2.22. The molecule has 3 aromatic rings. The van der Waals surface area contributed by atoms with Crippen molar-refractivity contribution in [2.45, 2.75) is 13.5 Å². The van der Waals surface area contributed by atoms with Crippen molar-refractivity contribution in [2.24, 2.45) is 10.7 Å². The van der Waals surface area contributed by atoms with Crippen LogP contribution < -0.4 is 5.73 Å². The Hall–Kier alpha value is -2.88. The molecule has 3 rings (SSSR count). The van der Waals surface area contributed by atoms with Gasteiger partial charge in [-0.05, 0) is 36.2 Å². The third-order valence-electron chi connectivity index (χ3n) is 3.60. The summed E-state index contributed by atoms with van der Waals surface area (Å²) in [7, 11) is 0. The minimum atomic E-state index is 0.588. The Labute approximate surface area is 129 Å². The summed E-state index contributed by atoms with van der Waals surface area (Å²) in [6, 6.07) is 12.2. The number of fused-ring (bicyclic) bond motifs is 1. The number of pyridine rings is 1. The fraction of sp³-hybridized carbons (Fsp3) is 0.111. The van der Waals surface area contributed by atoms with Crippen LogP contribution in [0.1, 0.15) is 16.8 Å². The van der Waals surface area contributed by atoms with Crippen LogP contribution in [0.4, 0.5) is 0 Å². The summed E-state index contributed by atoms with van der Waals surface area (Å²) in [6.45, 7) is 2.69. The van der Waals surface area contributed by atoms with Gasteiger partial charge in [0.1, 0.15) is 0 Å². The molecule has 0 fully saturated rings. The van der Waals surface area contributed by atoms with Crippen molar-refractivity contribution in [1.29, 1.82) is 0 Å². The van der Waals surface area contributed by atoms with Gasteiger partial charge in [0.15, 0.2) is 0 Å². The quantitative estimate of drug-likeness (QED) is 0.723. The van der Waals surface area contributed by atoms with Gasteiger partial charge in [-0.15, -0.1) is 0 Å². The second-order valence-electron chi connectivity index (χ2n) is 5.17. The van der Waals surface area contributed by atoms with Crippen LogP contribution >= 0.6 is 0 Å². The lowest BCUT2D eigenvalue weighted by Gasteiger charge is -1.98. The summed E-state index contributed by atoms with van der Waals surface area (Å²) < 4.78 is 0. The Kier molecular flexibility index (Phi) is 4.01. The fourth-order valence-electron chi connectivity index (χ4n) is 2.41. The number of aromatic amines is 1. The molecule has 22 heavy (non-hydrogen) atoms. The van der Waals surface area contributed by atoms with E-state index in [1.54, 1.807) is 18.6 Å². The van der Waals surface area contributed by atoms with Gasteiger partial charge in [-0.1, -0.05) is 18.2 Å². The number of nitrogens with zero attached hydrogens (tertiary/aromatic N) is 2. The molecule has 3 N–H and O–H groups in total. The van der Waals surface area contributed by atoms with E-state index in [1.807, 2.05) is 24.4 Å². The highest BCUT2D eigenvalue weighted by atomic mass is 14.8. The van der Waals surface area contributed by atoms with Crippen LogP contribution in [0.15, 0.2) is 60.0 Å². The van der Waals surface area contributed by atoms with E-state index >= 15 is 0 Å². The molecule has 110 valence electrons. The molecule has 2 aromatic heterocycles. The Morgan fingerprint density at radius 3 is 2.95 bits per heavy atom. The molecule has 0 aliphatic carbocycles. The van der Waals surface area contributed by atoms with Crippen molar-refractivity contribution >= 4 is 22.7 Å². The SMILES string of the molecule is Cc1cccc2[nH]c(/C(C=NCc3cccnc3)=C/N)cc12. The van der Waals surface area contributed by atoms with Crippen LogP contribution in [0.2, 0.25) is 0 Å². The molecule has 0 saturated carbocycles. The zero-order chi connectivity index (χ0) is 15.4. The summed E-state index contributed by atoms with van der Waals surface area (Å²) in [4.78, 5) is 11.9. The molecule has 0 spiro atoms. The summed E-state index contributed by atoms with van der Waals surface area (Å²) >= 11 is 0. The highest BCUT2D eigenvalue weighted by Gasteiger charge is 2.05. The topological polar surface area (TPSA) is 67.1 Å². The van der Waals surface area contributed by atoms with E-state index in [1.165, 1.54) is 10.9 Å². The lowest BCUT2D eigenvalue weighted by Crippen LogP contribution is -1.92. The van der Waals surface area contributed by atoms with E-state index in [-0.39, 0.29) is 0 Å². The van der Waals surface area contributed by atoms with Gasteiger partial charge in [-0.3, -0.25) is 9.98 Å². The molecule has 0 aliphatic rings. The largest absolute Gasteiger partial charge is 0.404 e. The van der Waals surface area contributed by atoms with Crippen LogP contribution in [-0.4, -0.2) is 16.2 Å². The first-order valence-electron chi connectivity index (χ1n) is 7.17. The van der Waals surface area contributed by atoms with Gasteiger partial charge in [0.25, 0.3) is 0 Å². The molecule has 2 heterocycles. The Morgan fingerprint density at radius 1 is 1.32 bits per heavy atom. The van der Waals surface area contributed by atoms with Crippen molar-refractivity contribution < 1.29 is 0 Å². The number of aliphatic imine (C=N–C) groups is 1. The average Bonchev–Trinajstić information content (AvgIpc) is 2.98. The minimum Gasteiger partial charge on any atom is -0.404 e. The zero-order valence-corrected chi connectivity index (χ0v) is 12.5. The number of hydrogen-bond donors (Lipinski definition) is 2. The van der Waals surface area contributed by atoms with Crippen molar-refractivity contribution in [2.75, 3.05) is 0 Å². The standard InChI is InChI=1S/C18H18N4/c1-13-4-2-6-17-16(13)8-18(22-17)15(9-19)12-21-11-14-5-3-7-20-10-14/h2-10,12,22H,11,19H2,1H3/b15-9+,21-12?. The number of allylic oxidation sites excluding steroid dienone is 1. The van der Waals surface area contributed by atoms with Crippen molar-refractivity contribution in [3.05, 3.63) is 71.8 Å². The highest BCUT2D eigenvalue weighted by molar-refractivity contribution is 6.10. The minimum absolute atomic E-state index is 0.588. The maximum absolute atomic E-state index is 5.76. The molecule has 0 atom stereocenters. The third-order valence-corrected chi connectivity index (χ3v) is 3.60. The lowest BCUT2D eigenvalue weighted by molar-refractivity contribution is 1.05. The maximum Gasteiger partial charge on any atom is 0.0655 e. The monoisotopic (exact) mass is 290 g/mol. The van der Waals surface area contributed by atoms with Crippen LogP contribution in [0.5, 0.6) is 0 Å². The first kappa shape index (κ1) is 14.1. The normalized spacial score (nSPS) is 12.3. The Balaban J connectivity index is 1.83. The second kappa shape index (κ2) is 6.26. The van der Waals surface area contributed by atoms with Crippen LogP contribution in [0.3, 0.4) is 0 Å². The number of H-pyrrole nitrogens is 1. The van der Waals surface area contributed by atoms with Gasteiger partial charge >= 0.3 is 0 Å². The molecular formula is C18H18N4. The molecule has 0 saturated heterocycles. The predicted octanol–water partition coefficient (Wildman–Crippen LogP) is 3.44. The smallest absolute Gasteiger partial charge is 0.0655 e. The van der Waals surface area contributed by atoms with Crippen molar-refractivity contribution in [3.63, 3.8) is 0 Å². The number of nitrogens with two attached hydrogens (primary N) is 1.